The first-order valence-corrected chi connectivity index (χ1v) is 8.60. The van der Waals surface area contributed by atoms with Crippen LogP contribution in [-0.2, 0) is 15.8 Å². The van der Waals surface area contributed by atoms with Crippen molar-refractivity contribution in [3.8, 4) is 0 Å². The summed E-state index contributed by atoms with van der Waals surface area (Å²) in [4.78, 5) is 24.6. The minimum absolute atomic E-state index is 0.00649. The van der Waals surface area contributed by atoms with Crippen LogP contribution in [-0.4, -0.2) is 23.1 Å². The predicted molar refractivity (Wildman–Crippen MR) is 86.8 cm³/mol. The molecule has 2 amide bonds. The molecule has 1 aromatic carbocycles. The lowest BCUT2D eigenvalue weighted by molar-refractivity contribution is -0.137. The highest BCUT2D eigenvalue weighted by molar-refractivity contribution is 8.01. The van der Waals surface area contributed by atoms with Gasteiger partial charge in [0.05, 0.1) is 16.5 Å². The van der Waals surface area contributed by atoms with Gasteiger partial charge in [0.1, 0.15) is 0 Å². The Kier molecular flexibility index (Phi) is 5.79. The van der Waals surface area contributed by atoms with E-state index in [-0.39, 0.29) is 24.1 Å². The maximum absolute atomic E-state index is 12.7. The van der Waals surface area contributed by atoms with Gasteiger partial charge in [-0.05, 0) is 31.0 Å². The molecule has 1 aliphatic heterocycles. The van der Waals surface area contributed by atoms with Crippen molar-refractivity contribution >= 4 is 29.3 Å². The number of thioether (sulfide) groups is 1. The minimum atomic E-state index is -4.46. The summed E-state index contributed by atoms with van der Waals surface area (Å²) in [5.41, 5.74) is -0.677. The molecule has 0 aromatic heterocycles. The van der Waals surface area contributed by atoms with Crippen LogP contribution >= 0.6 is 11.8 Å². The van der Waals surface area contributed by atoms with Gasteiger partial charge in [-0.2, -0.15) is 13.2 Å². The Balaban J connectivity index is 2.07. The van der Waals surface area contributed by atoms with E-state index < -0.39 is 22.9 Å². The molecule has 1 atom stereocenters. The zero-order chi connectivity index (χ0) is 17.9. The van der Waals surface area contributed by atoms with Crippen LogP contribution in [0.15, 0.2) is 23.1 Å². The van der Waals surface area contributed by atoms with Gasteiger partial charge in [0.15, 0.2) is 0 Å². The number of fused-ring (bicyclic) bond motifs is 1. The summed E-state index contributed by atoms with van der Waals surface area (Å²) in [5, 5.41) is 4.68. The zero-order valence-electron chi connectivity index (χ0n) is 13.4. The molecule has 0 radical (unpaired) electrons. The molecule has 8 heteroatoms. The fourth-order valence-electron chi connectivity index (χ4n) is 2.41. The van der Waals surface area contributed by atoms with E-state index in [1.54, 1.807) is 0 Å². The van der Waals surface area contributed by atoms with E-state index >= 15 is 0 Å². The topological polar surface area (TPSA) is 58.2 Å². The van der Waals surface area contributed by atoms with Gasteiger partial charge in [0.2, 0.25) is 11.8 Å². The Morgan fingerprint density at radius 3 is 2.58 bits per heavy atom. The molecule has 2 N–H and O–H groups in total. The number of nitrogens with one attached hydrogen (secondary N) is 2. The highest BCUT2D eigenvalue weighted by Crippen LogP contribution is 2.40. The van der Waals surface area contributed by atoms with Crippen molar-refractivity contribution in [2.24, 2.45) is 0 Å². The molecular weight excluding hydrogens is 341 g/mol. The zero-order valence-corrected chi connectivity index (χ0v) is 14.2. The molecular formula is C16H19F3N2O2S. The lowest BCUT2D eigenvalue weighted by Crippen LogP contribution is -2.39. The fourth-order valence-corrected chi connectivity index (χ4v) is 3.50. The van der Waals surface area contributed by atoms with Crippen LogP contribution in [0.25, 0.3) is 0 Å². The Labute approximate surface area is 142 Å². The SMILES string of the molecule is CCC(CC)NC(=O)C[C@@H]1Sc2ccc(C(F)(F)F)cc2NC1=O. The fraction of sp³-hybridized carbons (Fsp3) is 0.500. The average molecular weight is 360 g/mol. The standard InChI is InChI=1S/C16H19F3N2O2S/c1-3-10(4-2)20-14(22)8-13-15(23)21-11-7-9(16(17,18)19)5-6-12(11)24-13/h5-7,10,13H,3-4,8H2,1-2H3,(H,20,22)(H,21,23)/t13-/m0/s1. The summed E-state index contributed by atoms with van der Waals surface area (Å²) >= 11 is 1.11. The van der Waals surface area contributed by atoms with Gasteiger partial charge >= 0.3 is 6.18 Å². The van der Waals surface area contributed by atoms with Crippen molar-refractivity contribution in [3.63, 3.8) is 0 Å². The summed E-state index contributed by atoms with van der Waals surface area (Å²) in [7, 11) is 0. The normalized spacial score (nSPS) is 17.4. The number of benzene rings is 1. The lowest BCUT2D eigenvalue weighted by Gasteiger charge is -2.25. The molecule has 0 spiro atoms. The molecule has 0 fully saturated rings. The number of alkyl halides is 3. The summed E-state index contributed by atoms with van der Waals surface area (Å²) in [6.45, 7) is 3.93. The number of hydrogen-bond acceptors (Lipinski definition) is 3. The van der Waals surface area contributed by atoms with E-state index in [0.29, 0.717) is 4.90 Å². The molecule has 132 valence electrons. The van der Waals surface area contributed by atoms with Gasteiger partial charge in [0.25, 0.3) is 0 Å². The maximum atomic E-state index is 12.7. The third-order valence-electron chi connectivity index (χ3n) is 3.85. The van der Waals surface area contributed by atoms with Gasteiger partial charge in [-0.25, -0.2) is 0 Å². The van der Waals surface area contributed by atoms with Crippen molar-refractivity contribution in [1.82, 2.24) is 5.32 Å². The number of anilines is 1. The molecule has 2 rings (SSSR count). The third-order valence-corrected chi connectivity index (χ3v) is 5.12. The number of rotatable bonds is 5. The van der Waals surface area contributed by atoms with Crippen LogP contribution in [0, 0.1) is 0 Å². The van der Waals surface area contributed by atoms with Crippen LogP contribution in [0.2, 0.25) is 0 Å². The molecule has 0 bridgehead atoms. The number of carbonyl (C=O) groups excluding carboxylic acids is 2. The molecule has 4 nitrogen and oxygen atoms in total. The summed E-state index contributed by atoms with van der Waals surface area (Å²) in [5.74, 6) is -0.682. The van der Waals surface area contributed by atoms with Crippen molar-refractivity contribution in [2.75, 3.05) is 5.32 Å². The molecule has 1 heterocycles. The van der Waals surface area contributed by atoms with Gasteiger partial charge in [-0.15, -0.1) is 11.8 Å². The molecule has 1 aliphatic rings. The largest absolute Gasteiger partial charge is 0.416 e. The Bertz CT molecular complexity index is 630. The second-order valence-corrected chi connectivity index (χ2v) is 6.83. The smallest absolute Gasteiger partial charge is 0.353 e. The van der Waals surface area contributed by atoms with Gasteiger partial charge in [-0.3, -0.25) is 9.59 Å². The molecule has 0 saturated carbocycles. The molecule has 24 heavy (non-hydrogen) atoms. The van der Waals surface area contributed by atoms with Gasteiger partial charge in [0, 0.05) is 17.4 Å². The molecule has 0 saturated heterocycles. The summed E-state index contributed by atoms with van der Waals surface area (Å²) in [6, 6.07) is 3.29. The number of hydrogen-bond donors (Lipinski definition) is 2. The molecule has 1 aromatic rings. The molecule has 0 unspecified atom stereocenters. The first-order chi connectivity index (χ1) is 11.2. The van der Waals surface area contributed by atoms with Crippen LogP contribution in [0.3, 0.4) is 0 Å². The maximum Gasteiger partial charge on any atom is 0.416 e. The van der Waals surface area contributed by atoms with E-state index in [9.17, 15) is 22.8 Å². The number of carbonyl (C=O) groups is 2. The average Bonchev–Trinajstić information content (AvgIpc) is 2.52. The quantitative estimate of drug-likeness (QED) is 0.839. The van der Waals surface area contributed by atoms with Crippen LogP contribution < -0.4 is 10.6 Å². The second-order valence-electron chi connectivity index (χ2n) is 5.59. The van der Waals surface area contributed by atoms with Crippen molar-refractivity contribution in [1.29, 1.82) is 0 Å². The Hall–Kier alpha value is -1.70. The third kappa shape index (κ3) is 4.43. The summed E-state index contributed by atoms with van der Waals surface area (Å²) < 4.78 is 38.2. The number of amides is 2. The highest BCUT2D eigenvalue weighted by Gasteiger charge is 2.34. The van der Waals surface area contributed by atoms with Crippen molar-refractivity contribution < 1.29 is 22.8 Å². The second kappa shape index (κ2) is 7.46. The van der Waals surface area contributed by atoms with E-state index in [1.165, 1.54) is 6.07 Å². The lowest BCUT2D eigenvalue weighted by atomic mass is 10.1. The van der Waals surface area contributed by atoms with Gasteiger partial charge < -0.3 is 10.6 Å². The Morgan fingerprint density at radius 1 is 1.33 bits per heavy atom. The molecule has 0 aliphatic carbocycles. The van der Waals surface area contributed by atoms with E-state index in [4.69, 9.17) is 0 Å². The van der Waals surface area contributed by atoms with Crippen LogP contribution in [0.1, 0.15) is 38.7 Å². The minimum Gasteiger partial charge on any atom is -0.353 e. The monoisotopic (exact) mass is 360 g/mol. The van der Waals surface area contributed by atoms with Crippen molar-refractivity contribution in [2.45, 2.75) is 55.5 Å². The van der Waals surface area contributed by atoms with E-state index in [0.717, 1.165) is 36.7 Å². The first kappa shape index (κ1) is 18.6. The van der Waals surface area contributed by atoms with Gasteiger partial charge in [-0.1, -0.05) is 13.8 Å². The summed E-state index contributed by atoms with van der Waals surface area (Å²) in [6.07, 6.45) is -2.87. The van der Waals surface area contributed by atoms with Crippen molar-refractivity contribution in [3.05, 3.63) is 23.8 Å². The number of halogens is 3. The van der Waals surface area contributed by atoms with Crippen LogP contribution in [0.4, 0.5) is 18.9 Å². The Morgan fingerprint density at radius 2 is 2.00 bits per heavy atom. The predicted octanol–water partition coefficient (Wildman–Crippen LogP) is 3.81. The van der Waals surface area contributed by atoms with E-state index in [2.05, 4.69) is 10.6 Å². The highest BCUT2D eigenvalue weighted by atomic mass is 32.2. The first-order valence-electron chi connectivity index (χ1n) is 7.72. The van der Waals surface area contributed by atoms with Crippen LogP contribution in [0.5, 0.6) is 0 Å². The van der Waals surface area contributed by atoms with E-state index in [1.807, 2.05) is 13.8 Å².